The van der Waals surface area contributed by atoms with Crippen molar-refractivity contribution >= 4 is 5.97 Å². The van der Waals surface area contributed by atoms with Gasteiger partial charge in [0.2, 0.25) is 0 Å². The lowest BCUT2D eigenvalue weighted by atomic mass is 9.41. The van der Waals surface area contributed by atoms with E-state index in [1.807, 2.05) is 13.0 Å². The predicted molar refractivity (Wildman–Crippen MR) is 132 cm³/mol. The van der Waals surface area contributed by atoms with E-state index in [0.29, 0.717) is 34.5 Å². The van der Waals surface area contributed by atoms with Crippen molar-refractivity contribution in [1.29, 1.82) is 0 Å². The Labute approximate surface area is 201 Å². The highest BCUT2D eigenvalue weighted by atomic mass is 16.5. The van der Waals surface area contributed by atoms with E-state index in [-0.39, 0.29) is 29.0 Å². The Morgan fingerprint density at radius 2 is 1.82 bits per heavy atom. The zero-order chi connectivity index (χ0) is 24.0. The minimum absolute atomic E-state index is 0.00617. The lowest BCUT2D eigenvalue weighted by molar-refractivity contribution is -0.140. The summed E-state index contributed by atoms with van der Waals surface area (Å²) < 4.78 is 5.62. The summed E-state index contributed by atoms with van der Waals surface area (Å²) in [7, 11) is 0. The van der Waals surface area contributed by atoms with Crippen LogP contribution < -0.4 is 0 Å². The van der Waals surface area contributed by atoms with E-state index in [1.165, 1.54) is 25.7 Å². The molecular weight excluding hydrogens is 408 g/mol. The minimum atomic E-state index is -0.172. The van der Waals surface area contributed by atoms with Gasteiger partial charge in [0.15, 0.2) is 0 Å². The molecule has 1 heterocycles. The Morgan fingerprint density at radius 3 is 2.48 bits per heavy atom. The molecule has 4 aliphatic carbocycles. The summed E-state index contributed by atoms with van der Waals surface area (Å²) in [5.74, 6) is 2.32. The molecular formula is C30H46O3. The van der Waals surface area contributed by atoms with Crippen LogP contribution in [0.15, 0.2) is 23.3 Å². The molecule has 3 fully saturated rings. The Morgan fingerprint density at radius 1 is 1.09 bits per heavy atom. The van der Waals surface area contributed by atoms with E-state index in [4.69, 9.17) is 4.74 Å². The molecule has 0 spiro atoms. The maximum Gasteiger partial charge on any atom is 0.334 e. The molecule has 0 bridgehead atoms. The van der Waals surface area contributed by atoms with Crippen LogP contribution in [0.1, 0.15) is 99.8 Å². The van der Waals surface area contributed by atoms with Crippen LogP contribution >= 0.6 is 0 Å². The van der Waals surface area contributed by atoms with Crippen LogP contribution in [0.3, 0.4) is 0 Å². The molecule has 184 valence electrons. The number of hydrogen-bond donors (Lipinski definition) is 1. The summed E-state index contributed by atoms with van der Waals surface area (Å²) in [6, 6.07) is 0. The number of carbonyl (C=O) groups is 1. The first kappa shape index (κ1) is 23.6. The second-order valence-corrected chi connectivity index (χ2v) is 13.8. The first-order valence-corrected chi connectivity index (χ1v) is 13.6. The standard InChI is InChI=1S/C30H46O3/c1-18(16-20-17-19(2)26(32)33-20)21-10-14-30(7)23-8-9-24-27(3,4)25(31)12-13-28(24,5)22(23)11-15-29(21,30)6/h8,17-18,20-22,24-25,31H,9-16H2,1-7H3/t18-,20-,21-,22-,24+,25+,28-,29-,30+/m1/s1. The summed E-state index contributed by atoms with van der Waals surface area (Å²) in [5.41, 5.74) is 3.41. The van der Waals surface area contributed by atoms with Crippen LogP contribution in [0, 0.1) is 45.3 Å². The smallest absolute Gasteiger partial charge is 0.334 e. The van der Waals surface area contributed by atoms with Gasteiger partial charge in [0.1, 0.15) is 6.10 Å². The quantitative estimate of drug-likeness (QED) is 0.375. The van der Waals surface area contributed by atoms with Gasteiger partial charge in [0, 0.05) is 5.57 Å². The highest BCUT2D eigenvalue weighted by Crippen LogP contribution is 2.73. The van der Waals surface area contributed by atoms with Gasteiger partial charge < -0.3 is 9.84 Å². The van der Waals surface area contributed by atoms with Gasteiger partial charge in [-0.3, -0.25) is 0 Å². The van der Waals surface area contributed by atoms with Crippen LogP contribution in [-0.2, 0) is 9.53 Å². The first-order valence-electron chi connectivity index (χ1n) is 13.6. The molecule has 5 aliphatic rings. The lowest BCUT2D eigenvalue weighted by Crippen LogP contribution is -2.58. The largest absolute Gasteiger partial charge is 0.455 e. The van der Waals surface area contributed by atoms with E-state index >= 15 is 0 Å². The number of esters is 1. The molecule has 0 unspecified atom stereocenters. The van der Waals surface area contributed by atoms with Gasteiger partial charge in [0.25, 0.3) is 0 Å². The highest BCUT2D eigenvalue weighted by Gasteiger charge is 2.65. The Balaban J connectivity index is 1.42. The zero-order valence-corrected chi connectivity index (χ0v) is 22.0. The third-order valence-corrected chi connectivity index (χ3v) is 12.2. The Kier molecular flexibility index (Phi) is 5.34. The molecule has 3 saturated carbocycles. The van der Waals surface area contributed by atoms with E-state index in [9.17, 15) is 9.90 Å². The summed E-state index contributed by atoms with van der Waals surface area (Å²) in [6.07, 6.45) is 13.8. The summed E-state index contributed by atoms with van der Waals surface area (Å²) in [6.45, 7) is 16.6. The monoisotopic (exact) mass is 454 g/mol. The summed E-state index contributed by atoms with van der Waals surface area (Å²) in [5, 5.41) is 10.8. The summed E-state index contributed by atoms with van der Waals surface area (Å²) in [4.78, 5) is 11.9. The van der Waals surface area contributed by atoms with Gasteiger partial charge in [-0.05, 0) is 110 Å². The average molecular weight is 455 g/mol. The number of ether oxygens (including phenoxy) is 1. The van der Waals surface area contributed by atoms with Crippen molar-refractivity contribution in [2.75, 3.05) is 0 Å². The van der Waals surface area contributed by atoms with Gasteiger partial charge in [0.05, 0.1) is 6.10 Å². The van der Waals surface area contributed by atoms with Crippen LogP contribution in [0.4, 0.5) is 0 Å². The van der Waals surface area contributed by atoms with E-state index in [0.717, 1.165) is 31.3 Å². The Hall–Kier alpha value is -1.09. The number of fused-ring (bicyclic) bond motifs is 5. The van der Waals surface area contributed by atoms with Crippen LogP contribution in [0.25, 0.3) is 0 Å². The maximum atomic E-state index is 11.9. The van der Waals surface area contributed by atoms with Crippen molar-refractivity contribution in [1.82, 2.24) is 0 Å². The zero-order valence-electron chi connectivity index (χ0n) is 22.0. The number of rotatable bonds is 3. The van der Waals surface area contributed by atoms with Crippen LogP contribution in [-0.4, -0.2) is 23.3 Å². The number of aliphatic hydroxyl groups excluding tert-OH is 1. The SMILES string of the molecule is CC1=C[C@@H](C[C@@H](C)[C@H]2CC[C@@]3(C)C4=CC[C@H]5C(C)(C)[C@@H](O)CC[C@]5(C)[C@@H]4CC[C@]23C)OC1=O. The predicted octanol–water partition coefficient (Wildman–Crippen LogP) is 6.85. The maximum absolute atomic E-state index is 11.9. The van der Waals surface area contributed by atoms with E-state index < -0.39 is 0 Å². The number of carbonyl (C=O) groups excluding carboxylic acids is 1. The molecule has 1 aliphatic heterocycles. The molecule has 0 aromatic carbocycles. The van der Waals surface area contributed by atoms with Crippen LogP contribution in [0.2, 0.25) is 0 Å². The molecule has 0 amide bonds. The molecule has 5 rings (SSSR count). The molecule has 0 aromatic heterocycles. The number of aliphatic hydroxyl groups is 1. The third-order valence-electron chi connectivity index (χ3n) is 12.2. The molecule has 0 aromatic rings. The van der Waals surface area contributed by atoms with Crippen LogP contribution in [0.5, 0.6) is 0 Å². The van der Waals surface area contributed by atoms with Gasteiger partial charge in [-0.1, -0.05) is 53.2 Å². The Bertz CT molecular complexity index is 898. The molecule has 3 nitrogen and oxygen atoms in total. The van der Waals surface area contributed by atoms with Crippen molar-refractivity contribution in [3.63, 3.8) is 0 Å². The number of allylic oxidation sites excluding steroid dienone is 2. The minimum Gasteiger partial charge on any atom is -0.455 e. The average Bonchev–Trinajstić information content (AvgIpc) is 3.20. The third kappa shape index (κ3) is 3.13. The normalized spacial score (nSPS) is 49.3. The van der Waals surface area contributed by atoms with Gasteiger partial charge in [-0.2, -0.15) is 0 Å². The molecule has 3 heteroatoms. The highest BCUT2D eigenvalue weighted by molar-refractivity contribution is 5.90. The number of cyclic esters (lactones) is 1. The lowest BCUT2D eigenvalue weighted by Gasteiger charge is -2.64. The fourth-order valence-corrected chi connectivity index (χ4v) is 9.91. The fourth-order valence-electron chi connectivity index (χ4n) is 9.91. The van der Waals surface area contributed by atoms with Gasteiger partial charge >= 0.3 is 5.97 Å². The van der Waals surface area contributed by atoms with Gasteiger partial charge in [-0.25, -0.2) is 4.79 Å². The number of hydrogen-bond acceptors (Lipinski definition) is 3. The van der Waals surface area contributed by atoms with Crippen molar-refractivity contribution in [3.8, 4) is 0 Å². The van der Waals surface area contributed by atoms with Crippen molar-refractivity contribution in [3.05, 3.63) is 23.3 Å². The van der Waals surface area contributed by atoms with E-state index in [2.05, 4.69) is 47.6 Å². The summed E-state index contributed by atoms with van der Waals surface area (Å²) >= 11 is 0. The van der Waals surface area contributed by atoms with E-state index in [1.54, 1.807) is 5.57 Å². The molecule has 0 radical (unpaired) electrons. The van der Waals surface area contributed by atoms with Crippen molar-refractivity contribution in [2.45, 2.75) is 112 Å². The van der Waals surface area contributed by atoms with Crippen molar-refractivity contribution < 1.29 is 14.6 Å². The molecule has 0 saturated heterocycles. The second kappa shape index (κ2) is 7.45. The van der Waals surface area contributed by atoms with Gasteiger partial charge in [-0.15, -0.1) is 0 Å². The molecule has 33 heavy (non-hydrogen) atoms. The second-order valence-electron chi connectivity index (χ2n) is 13.8. The topological polar surface area (TPSA) is 46.5 Å². The first-order chi connectivity index (χ1) is 15.3. The molecule has 1 N–H and O–H groups in total. The molecule has 9 atom stereocenters. The van der Waals surface area contributed by atoms with Crippen molar-refractivity contribution in [2.24, 2.45) is 45.3 Å². The fraction of sp³-hybridized carbons (Fsp3) is 0.833.